The summed E-state index contributed by atoms with van der Waals surface area (Å²) in [5.41, 5.74) is 1.98. The molecule has 3 aromatic rings. The third-order valence-corrected chi connectivity index (χ3v) is 4.64. The van der Waals surface area contributed by atoms with Gasteiger partial charge in [-0.3, -0.25) is 9.59 Å². The highest BCUT2D eigenvalue weighted by atomic mass is 16.5. The number of hydrogen-bond acceptors (Lipinski definition) is 6. The van der Waals surface area contributed by atoms with E-state index >= 15 is 0 Å². The smallest absolute Gasteiger partial charge is 0.344 e. The Morgan fingerprint density at radius 1 is 1.03 bits per heavy atom. The van der Waals surface area contributed by atoms with Gasteiger partial charge >= 0.3 is 5.97 Å². The number of rotatable bonds is 7. The Labute approximate surface area is 174 Å². The van der Waals surface area contributed by atoms with Gasteiger partial charge in [0.2, 0.25) is 11.7 Å². The molecule has 0 aliphatic rings. The molecule has 1 N–H and O–H groups in total. The van der Waals surface area contributed by atoms with Crippen molar-refractivity contribution >= 4 is 17.5 Å². The molecular formula is C23H22N2O5. The molecule has 30 heavy (non-hydrogen) atoms. The highest BCUT2D eigenvalue weighted by molar-refractivity contribution is 6.05. The van der Waals surface area contributed by atoms with Crippen LogP contribution in [-0.4, -0.2) is 33.6 Å². The zero-order chi connectivity index (χ0) is 21.8. The molecule has 7 heteroatoms. The van der Waals surface area contributed by atoms with Gasteiger partial charge in [-0.25, -0.2) is 9.78 Å². The Bertz CT molecular complexity index is 1100. The maximum absolute atomic E-state index is 12.8. The van der Waals surface area contributed by atoms with Gasteiger partial charge in [0.1, 0.15) is 11.3 Å². The first-order valence-electron chi connectivity index (χ1n) is 9.42. The van der Waals surface area contributed by atoms with Crippen LogP contribution in [0.2, 0.25) is 0 Å². The van der Waals surface area contributed by atoms with Gasteiger partial charge in [0, 0.05) is 17.5 Å². The molecule has 7 nitrogen and oxygen atoms in total. The fourth-order valence-corrected chi connectivity index (χ4v) is 3.23. The second-order valence-electron chi connectivity index (χ2n) is 6.86. The van der Waals surface area contributed by atoms with Gasteiger partial charge in [-0.05, 0) is 57.5 Å². The molecule has 0 aliphatic heterocycles. The molecule has 0 radical (unpaired) electrons. The Kier molecular flexibility index (Phi) is 6.11. The lowest BCUT2D eigenvalue weighted by Crippen LogP contribution is -2.25. The number of nitrogens with zero attached hydrogens (tertiary/aromatic N) is 1. The minimum Gasteiger partial charge on any atom is -0.450 e. The van der Waals surface area contributed by atoms with Crippen molar-refractivity contribution in [1.82, 2.24) is 9.97 Å². The van der Waals surface area contributed by atoms with Crippen molar-refractivity contribution < 1.29 is 23.9 Å². The van der Waals surface area contributed by atoms with E-state index in [0.29, 0.717) is 22.6 Å². The minimum absolute atomic E-state index is 0.0825. The van der Waals surface area contributed by atoms with Gasteiger partial charge in [0.15, 0.2) is 11.9 Å². The molecule has 0 bridgehead atoms. The lowest BCUT2D eigenvalue weighted by Gasteiger charge is -2.14. The summed E-state index contributed by atoms with van der Waals surface area (Å²) in [7, 11) is 0. The second-order valence-corrected chi connectivity index (χ2v) is 6.86. The maximum atomic E-state index is 12.8. The van der Waals surface area contributed by atoms with Crippen LogP contribution in [0.4, 0.5) is 0 Å². The monoisotopic (exact) mass is 406 g/mol. The summed E-state index contributed by atoms with van der Waals surface area (Å²) in [6.07, 6.45) is 0.427. The van der Waals surface area contributed by atoms with Gasteiger partial charge in [0.05, 0.1) is 5.69 Å². The first kappa shape index (κ1) is 21.0. The highest BCUT2D eigenvalue weighted by Crippen LogP contribution is 2.25. The van der Waals surface area contributed by atoms with E-state index < -0.39 is 17.9 Å². The number of aryl methyl sites for hydroxylation is 1. The number of hydrogen-bond donors (Lipinski definition) is 1. The molecule has 0 fully saturated rings. The topological polar surface area (TPSA) is 98.3 Å². The molecule has 0 amide bonds. The minimum atomic E-state index is -1.07. The van der Waals surface area contributed by atoms with Gasteiger partial charge in [-0.1, -0.05) is 18.2 Å². The van der Waals surface area contributed by atoms with E-state index in [0.717, 1.165) is 0 Å². The van der Waals surface area contributed by atoms with Crippen LogP contribution in [0.25, 0.3) is 0 Å². The maximum Gasteiger partial charge on any atom is 0.344 e. The molecule has 1 atom stereocenters. The van der Waals surface area contributed by atoms with E-state index in [1.165, 1.54) is 26.1 Å². The molecule has 0 spiro atoms. The predicted molar refractivity (Wildman–Crippen MR) is 110 cm³/mol. The van der Waals surface area contributed by atoms with Gasteiger partial charge < -0.3 is 14.5 Å². The van der Waals surface area contributed by atoms with Gasteiger partial charge in [0.25, 0.3) is 0 Å². The summed E-state index contributed by atoms with van der Waals surface area (Å²) in [6.45, 7) is 6.34. The van der Waals surface area contributed by atoms with Crippen molar-refractivity contribution in [3.63, 3.8) is 0 Å². The van der Waals surface area contributed by atoms with Crippen LogP contribution in [0.5, 0.6) is 11.6 Å². The zero-order valence-electron chi connectivity index (χ0n) is 17.2. The summed E-state index contributed by atoms with van der Waals surface area (Å²) >= 11 is 0. The molecular weight excluding hydrogens is 384 g/mol. The summed E-state index contributed by atoms with van der Waals surface area (Å²) in [4.78, 5) is 44.4. The number of pyridine rings is 1. The van der Waals surface area contributed by atoms with Crippen molar-refractivity contribution in [3.05, 3.63) is 76.7 Å². The molecule has 3 rings (SSSR count). The number of aromatic amines is 1. The SMILES string of the molecule is CC(=O)c1c(C)[nH]c(C(=O)C(C)OC(=O)c2cccnc2Oc2ccccc2)c1C. The summed E-state index contributed by atoms with van der Waals surface area (Å²) in [6, 6.07) is 12.0. The second kappa shape index (κ2) is 8.73. The third kappa shape index (κ3) is 4.30. The van der Waals surface area contributed by atoms with Crippen molar-refractivity contribution in [2.24, 2.45) is 0 Å². The Hall–Kier alpha value is -3.74. The molecule has 1 aromatic carbocycles. The lowest BCUT2D eigenvalue weighted by molar-refractivity contribution is 0.0314. The van der Waals surface area contributed by atoms with Crippen molar-refractivity contribution in [3.8, 4) is 11.6 Å². The van der Waals surface area contributed by atoms with Crippen LogP contribution < -0.4 is 4.74 Å². The number of ether oxygens (including phenoxy) is 2. The number of carbonyl (C=O) groups excluding carboxylic acids is 3. The molecule has 1 unspecified atom stereocenters. The molecule has 0 saturated carbocycles. The lowest BCUT2D eigenvalue weighted by atomic mass is 10.0. The standard InChI is InChI=1S/C23H22N2O5/c1-13-19(15(3)26)14(2)25-20(13)21(27)16(4)29-23(28)18-11-8-12-24-22(18)30-17-9-6-5-7-10-17/h5-12,16,25H,1-4H3. The highest BCUT2D eigenvalue weighted by Gasteiger charge is 2.27. The molecule has 154 valence electrons. The molecule has 2 aromatic heterocycles. The summed E-state index contributed by atoms with van der Waals surface area (Å²) in [5, 5.41) is 0. The largest absolute Gasteiger partial charge is 0.450 e. The van der Waals surface area contributed by atoms with Crippen molar-refractivity contribution in [2.75, 3.05) is 0 Å². The van der Waals surface area contributed by atoms with E-state index in [2.05, 4.69) is 9.97 Å². The first-order valence-corrected chi connectivity index (χ1v) is 9.42. The van der Waals surface area contributed by atoms with Crippen LogP contribution >= 0.6 is 0 Å². The fourth-order valence-electron chi connectivity index (χ4n) is 3.23. The number of carbonyl (C=O) groups is 3. The van der Waals surface area contributed by atoms with Gasteiger partial charge in [-0.15, -0.1) is 0 Å². The fraction of sp³-hybridized carbons (Fsp3) is 0.217. The quantitative estimate of drug-likeness (QED) is 0.460. The molecule has 0 aliphatic carbocycles. The number of ketones is 2. The van der Waals surface area contributed by atoms with Crippen molar-refractivity contribution in [2.45, 2.75) is 33.8 Å². The summed E-state index contributed by atoms with van der Waals surface area (Å²) in [5.74, 6) is -0.695. The van der Waals surface area contributed by atoms with Crippen molar-refractivity contribution in [1.29, 1.82) is 0 Å². The number of para-hydroxylation sites is 1. The first-order chi connectivity index (χ1) is 14.3. The normalized spacial score (nSPS) is 11.6. The molecule has 2 heterocycles. The Morgan fingerprint density at radius 2 is 1.73 bits per heavy atom. The predicted octanol–water partition coefficient (Wildman–Crippen LogP) is 4.45. The zero-order valence-corrected chi connectivity index (χ0v) is 17.2. The van der Waals surface area contributed by atoms with E-state index in [1.807, 2.05) is 6.07 Å². The van der Waals surface area contributed by atoms with E-state index in [-0.39, 0.29) is 22.9 Å². The van der Waals surface area contributed by atoms with Crippen LogP contribution in [0.1, 0.15) is 56.3 Å². The summed E-state index contributed by atoms with van der Waals surface area (Å²) < 4.78 is 11.1. The number of esters is 1. The van der Waals surface area contributed by atoms with Crippen LogP contribution in [0, 0.1) is 13.8 Å². The third-order valence-electron chi connectivity index (χ3n) is 4.64. The Balaban J connectivity index is 1.79. The van der Waals surface area contributed by atoms with E-state index in [9.17, 15) is 14.4 Å². The number of aromatic nitrogens is 2. The Morgan fingerprint density at radius 3 is 2.37 bits per heavy atom. The van der Waals surface area contributed by atoms with Crippen LogP contribution in [0.3, 0.4) is 0 Å². The number of nitrogens with one attached hydrogen (secondary N) is 1. The number of Topliss-reactive ketones (excluding diaryl/α,β-unsaturated/α-hetero) is 2. The van der Waals surface area contributed by atoms with E-state index in [1.54, 1.807) is 44.2 Å². The average Bonchev–Trinajstić information content (AvgIpc) is 3.02. The number of benzene rings is 1. The van der Waals surface area contributed by atoms with E-state index in [4.69, 9.17) is 9.47 Å². The van der Waals surface area contributed by atoms with Crippen LogP contribution in [0.15, 0.2) is 48.7 Å². The van der Waals surface area contributed by atoms with Gasteiger partial charge in [-0.2, -0.15) is 0 Å². The van der Waals surface area contributed by atoms with Crippen LogP contribution in [-0.2, 0) is 4.74 Å². The number of H-pyrrole nitrogens is 1. The molecule has 0 saturated heterocycles. The average molecular weight is 406 g/mol.